The zero-order valence-electron chi connectivity index (χ0n) is 13.0. The number of hydrogen-bond acceptors (Lipinski definition) is 2. The Balaban J connectivity index is 1.63. The Morgan fingerprint density at radius 3 is 2.43 bits per heavy atom. The van der Waals surface area contributed by atoms with E-state index < -0.39 is 0 Å². The van der Waals surface area contributed by atoms with Crippen LogP contribution in [-0.4, -0.2) is 18.5 Å². The van der Waals surface area contributed by atoms with Crippen molar-refractivity contribution in [1.29, 1.82) is 0 Å². The molecule has 23 heavy (non-hydrogen) atoms. The third kappa shape index (κ3) is 3.51. The van der Waals surface area contributed by atoms with Gasteiger partial charge in [-0.3, -0.25) is 4.79 Å². The molecule has 5 nitrogen and oxygen atoms in total. The molecule has 2 aromatic rings. The number of rotatable bonds is 3. The van der Waals surface area contributed by atoms with Crippen LogP contribution >= 0.6 is 0 Å². The lowest BCUT2D eigenvalue weighted by molar-refractivity contribution is -0.117. The number of aryl methyl sites for hydroxylation is 1. The Morgan fingerprint density at radius 2 is 1.78 bits per heavy atom. The van der Waals surface area contributed by atoms with Crippen LogP contribution in [0.15, 0.2) is 48.5 Å². The monoisotopic (exact) mass is 309 g/mol. The van der Waals surface area contributed by atoms with Crippen LogP contribution in [-0.2, 0) is 4.79 Å². The summed E-state index contributed by atoms with van der Waals surface area (Å²) in [6.07, 6.45) is 1.51. The number of nitrogens with zero attached hydrogens (tertiary/aromatic N) is 1. The van der Waals surface area contributed by atoms with E-state index in [1.807, 2.05) is 43.3 Å². The minimum atomic E-state index is -0.288. The molecular formula is C18H19N3O2. The first-order valence-electron chi connectivity index (χ1n) is 7.67. The Morgan fingerprint density at radius 1 is 1.04 bits per heavy atom. The maximum absolute atomic E-state index is 12.0. The second-order valence-corrected chi connectivity index (χ2v) is 5.59. The molecule has 3 amide bonds. The number of benzene rings is 2. The van der Waals surface area contributed by atoms with Gasteiger partial charge in [-0.1, -0.05) is 18.2 Å². The molecule has 0 spiro atoms. The number of carbonyl (C=O) groups excluding carboxylic acids is 2. The van der Waals surface area contributed by atoms with E-state index in [0.29, 0.717) is 12.1 Å². The molecule has 0 radical (unpaired) electrons. The Hall–Kier alpha value is -2.82. The summed E-state index contributed by atoms with van der Waals surface area (Å²) in [5, 5.41) is 5.61. The highest BCUT2D eigenvalue weighted by Gasteiger charge is 2.21. The van der Waals surface area contributed by atoms with Crippen LogP contribution < -0.4 is 15.5 Å². The van der Waals surface area contributed by atoms with E-state index in [1.165, 1.54) is 0 Å². The highest BCUT2D eigenvalue weighted by molar-refractivity contribution is 6.00. The smallest absolute Gasteiger partial charge is 0.312 e. The maximum Gasteiger partial charge on any atom is 0.323 e. The lowest BCUT2D eigenvalue weighted by Crippen LogP contribution is -2.23. The number of nitrogens with one attached hydrogen (secondary N) is 2. The van der Waals surface area contributed by atoms with E-state index in [2.05, 4.69) is 10.6 Å². The normalized spacial score (nSPS) is 14.0. The van der Waals surface area contributed by atoms with Crippen molar-refractivity contribution in [3.63, 3.8) is 0 Å². The van der Waals surface area contributed by atoms with Crippen LogP contribution in [0.2, 0.25) is 0 Å². The Kier molecular flexibility index (Phi) is 4.28. The van der Waals surface area contributed by atoms with Crippen LogP contribution in [0.25, 0.3) is 0 Å². The van der Waals surface area contributed by atoms with Gasteiger partial charge < -0.3 is 15.5 Å². The van der Waals surface area contributed by atoms with Crippen LogP contribution in [0, 0.1) is 6.92 Å². The summed E-state index contributed by atoms with van der Waals surface area (Å²) >= 11 is 0. The molecule has 118 valence electrons. The minimum Gasteiger partial charge on any atom is -0.312 e. The van der Waals surface area contributed by atoms with Gasteiger partial charge in [-0.25, -0.2) is 4.79 Å². The van der Waals surface area contributed by atoms with Gasteiger partial charge in [-0.15, -0.1) is 0 Å². The fourth-order valence-corrected chi connectivity index (χ4v) is 2.64. The first-order chi connectivity index (χ1) is 11.1. The van der Waals surface area contributed by atoms with Gasteiger partial charge >= 0.3 is 6.03 Å². The van der Waals surface area contributed by atoms with E-state index in [9.17, 15) is 9.59 Å². The molecule has 2 N–H and O–H groups in total. The molecule has 3 rings (SSSR count). The third-order valence-corrected chi connectivity index (χ3v) is 3.90. The average molecular weight is 309 g/mol. The molecule has 1 saturated heterocycles. The van der Waals surface area contributed by atoms with Crippen molar-refractivity contribution in [2.45, 2.75) is 19.8 Å². The SMILES string of the molecule is Cc1ccccc1NC(=O)Nc1ccc(N2CCCC2=O)cc1. The van der Waals surface area contributed by atoms with E-state index in [4.69, 9.17) is 0 Å². The van der Waals surface area contributed by atoms with Crippen molar-refractivity contribution >= 4 is 29.0 Å². The summed E-state index contributed by atoms with van der Waals surface area (Å²) in [5.74, 6) is 0.156. The van der Waals surface area contributed by atoms with Crippen molar-refractivity contribution in [3.8, 4) is 0 Å². The van der Waals surface area contributed by atoms with Gasteiger partial charge in [0.15, 0.2) is 0 Å². The van der Waals surface area contributed by atoms with Crippen LogP contribution in [0.1, 0.15) is 18.4 Å². The van der Waals surface area contributed by atoms with E-state index in [0.717, 1.165) is 29.9 Å². The second kappa shape index (κ2) is 6.52. The van der Waals surface area contributed by atoms with Gasteiger partial charge in [0.2, 0.25) is 5.91 Å². The molecule has 0 aliphatic carbocycles. The first kappa shape index (κ1) is 15.1. The molecule has 0 aromatic heterocycles. The van der Waals surface area contributed by atoms with Gasteiger partial charge in [0.25, 0.3) is 0 Å². The van der Waals surface area contributed by atoms with Gasteiger partial charge in [0.1, 0.15) is 0 Å². The van der Waals surface area contributed by atoms with E-state index in [1.54, 1.807) is 17.0 Å². The lowest BCUT2D eigenvalue weighted by atomic mass is 10.2. The predicted molar refractivity (Wildman–Crippen MR) is 91.8 cm³/mol. The number of para-hydroxylation sites is 1. The van der Waals surface area contributed by atoms with Crippen molar-refractivity contribution in [2.75, 3.05) is 22.1 Å². The minimum absolute atomic E-state index is 0.156. The summed E-state index contributed by atoms with van der Waals surface area (Å²) < 4.78 is 0. The van der Waals surface area contributed by atoms with Gasteiger partial charge in [-0.2, -0.15) is 0 Å². The molecule has 0 saturated carbocycles. The van der Waals surface area contributed by atoms with Gasteiger partial charge in [-0.05, 0) is 49.2 Å². The topological polar surface area (TPSA) is 61.4 Å². The summed E-state index contributed by atoms with van der Waals surface area (Å²) in [6.45, 7) is 2.71. The Labute approximate surface area is 135 Å². The number of hydrogen-bond donors (Lipinski definition) is 2. The van der Waals surface area contributed by atoms with Crippen LogP contribution in [0.3, 0.4) is 0 Å². The molecule has 1 heterocycles. The third-order valence-electron chi connectivity index (χ3n) is 3.90. The Bertz CT molecular complexity index is 725. The standard InChI is InChI=1S/C18H19N3O2/c1-13-5-2-3-6-16(13)20-18(23)19-14-8-10-15(11-9-14)21-12-4-7-17(21)22/h2-3,5-6,8-11H,4,7,12H2,1H3,(H2,19,20,23). The van der Waals surface area contributed by atoms with Crippen molar-refractivity contribution in [2.24, 2.45) is 0 Å². The predicted octanol–water partition coefficient (Wildman–Crippen LogP) is 3.77. The average Bonchev–Trinajstić information content (AvgIpc) is 2.96. The number of carbonyl (C=O) groups is 2. The molecule has 0 bridgehead atoms. The highest BCUT2D eigenvalue weighted by atomic mass is 16.2. The maximum atomic E-state index is 12.0. The fourth-order valence-electron chi connectivity index (χ4n) is 2.64. The van der Waals surface area contributed by atoms with Crippen molar-refractivity contribution in [3.05, 3.63) is 54.1 Å². The molecule has 0 unspecified atom stereocenters. The molecule has 1 aliphatic heterocycles. The zero-order chi connectivity index (χ0) is 16.2. The number of urea groups is 1. The summed E-state index contributed by atoms with van der Waals surface area (Å²) in [4.78, 5) is 25.5. The number of amides is 3. The molecule has 1 fully saturated rings. The molecule has 1 aliphatic rings. The second-order valence-electron chi connectivity index (χ2n) is 5.59. The molecule has 5 heteroatoms. The largest absolute Gasteiger partial charge is 0.323 e. The zero-order valence-corrected chi connectivity index (χ0v) is 13.0. The summed E-state index contributed by atoms with van der Waals surface area (Å²) in [5.41, 5.74) is 3.35. The van der Waals surface area contributed by atoms with Gasteiger partial charge in [0.05, 0.1) is 0 Å². The fraction of sp³-hybridized carbons (Fsp3) is 0.222. The summed E-state index contributed by atoms with van der Waals surface area (Å²) in [7, 11) is 0. The summed E-state index contributed by atoms with van der Waals surface area (Å²) in [6, 6.07) is 14.6. The van der Waals surface area contributed by atoms with Crippen molar-refractivity contribution < 1.29 is 9.59 Å². The van der Waals surface area contributed by atoms with Crippen molar-refractivity contribution in [1.82, 2.24) is 0 Å². The first-order valence-corrected chi connectivity index (χ1v) is 7.67. The number of anilines is 3. The quantitative estimate of drug-likeness (QED) is 0.906. The van der Waals surface area contributed by atoms with Gasteiger partial charge in [0, 0.05) is 30.0 Å². The highest BCUT2D eigenvalue weighted by Crippen LogP contribution is 2.23. The van der Waals surface area contributed by atoms with E-state index in [-0.39, 0.29) is 11.9 Å². The molecule has 2 aromatic carbocycles. The van der Waals surface area contributed by atoms with Crippen LogP contribution in [0.4, 0.5) is 21.9 Å². The van der Waals surface area contributed by atoms with Crippen LogP contribution in [0.5, 0.6) is 0 Å². The molecular weight excluding hydrogens is 290 g/mol. The molecule has 0 atom stereocenters. The van der Waals surface area contributed by atoms with E-state index >= 15 is 0 Å². The lowest BCUT2D eigenvalue weighted by Gasteiger charge is -2.16.